The Morgan fingerprint density at radius 3 is 3.00 bits per heavy atom. The number of nitrogens with zero attached hydrogens (tertiary/aromatic N) is 1. The Labute approximate surface area is 87.5 Å². The predicted octanol–water partition coefficient (Wildman–Crippen LogP) is 3.09. The predicted molar refractivity (Wildman–Crippen MR) is 55.0 cm³/mol. The first-order valence-electron chi connectivity index (χ1n) is 4.80. The van der Waals surface area contributed by atoms with Crippen molar-refractivity contribution >= 4 is 17.4 Å². The van der Waals surface area contributed by atoms with Crippen LogP contribution in [0.1, 0.15) is 19.3 Å². The van der Waals surface area contributed by atoms with Crippen LogP contribution < -0.4 is 5.32 Å². The number of hydrogen-bond acceptors (Lipinski definition) is 2. The molecule has 0 radical (unpaired) electrons. The lowest BCUT2D eigenvalue weighted by molar-refractivity contribution is 0.622. The largest absolute Gasteiger partial charge is 0.368 e. The summed E-state index contributed by atoms with van der Waals surface area (Å²) in [6.07, 6.45) is 5.18. The number of aromatic nitrogens is 1. The molecule has 1 aromatic rings. The quantitative estimate of drug-likeness (QED) is 0.833. The van der Waals surface area contributed by atoms with Crippen LogP contribution in [0.25, 0.3) is 0 Å². The van der Waals surface area contributed by atoms with Gasteiger partial charge in [0.05, 0.1) is 5.02 Å². The highest BCUT2D eigenvalue weighted by Gasteiger charge is 2.20. The van der Waals surface area contributed by atoms with E-state index in [0.29, 0.717) is 10.8 Å². The van der Waals surface area contributed by atoms with Gasteiger partial charge >= 0.3 is 0 Å². The summed E-state index contributed by atoms with van der Waals surface area (Å²) in [5.41, 5.74) is 0. The molecule has 1 saturated carbocycles. The van der Waals surface area contributed by atoms with Crippen LogP contribution in [-0.4, -0.2) is 11.5 Å². The SMILES string of the molecule is Fc1cc(Cl)cnc1NCCC1CC1. The maximum atomic E-state index is 13.2. The van der Waals surface area contributed by atoms with Crippen LogP contribution in [0.15, 0.2) is 12.3 Å². The van der Waals surface area contributed by atoms with Crippen molar-refractivity contribution in [3.63, 3.8) is 0 Å². The summed E-state index contributed by atoms with van der Waals surface area (Å²) < 4.78 is 13.2. The van der Waals surface area contributed by atoms with Crippen LogP contribution >= 0.6 is 11.6 Å². The molecule has 1 fully saturated rings. The number of pyridine rings is 1. The summed E-state index contributed by atoms with van der Waals surface area (Å²) in [5, 5.41) is 3.30. The number of halogens is 2. The summed E-state index contributed by atoms with van der Waals surface area (Å²) in [6, 6.07) is 1.27. The van der Waals surface area contributed by atoms with Crippen molar-refractivity contribution in [1.82, 2.24) is 4.98 Å². The number of nitrogens with one attached hydrogen (secondary N) is 1. The third-order valence-electron chi connectivity index (χ3n) is 2.35. The van der Waals surface area contributed by atoms with E-state index in [-0.39, 0.29) is 5.82 Å². The molecular formula is C10H12ClFN2. The second-order valence-corrected chi connectivity index (χ2v) is 4.08. The highest BCUT2D eigenvalue weighted by Crippen LogP contribution is 2.32. The molecule has 1 heterocycles. The van der Waals surface area contributed by atoms with Gasteiger partial charge in [0.15, 0.2) is 11.6 Å². The Bertz CT molecular complexity index is 326. The van der Waals surface area contributed by atoms with Gasteiger partial charge in [-0.1, -0.05) is 24.4 Å². The first-order valence-corrected chi connectivity index (χ1v) is 5.18. The molecule has 2 nitrogen and oxygen atoms in total. The zero-order valence-corrected chi connectivity index (χ0v) is 8.52. The average Bonchev–Trinajstić information content (AvgIpc) is 2.92. The van der Waals surface area contributed by atoms with Gasteiger partial charge in [0, 0.05) is 12.7 Å². The fourth-order valence-corrected chi connectivity index (χ4v) is 1.49. The lowest BCUT2D eigenvalue weighted by Gasteiger charge is -2.05. The zero-order valence-electron chi connectivity index (χ0n) is 7.76. The molecule has 1 aromatic heterocycles. The van der Waals surface area contributed by atoms with Gasteiger partial charge in [0.2, 0.25) is 0 Å². The number of rotatable bonds is 4. The summed E-state index contributed by atoms with van der Waals surface area (Å²) in [7, 11) is 0. The Balaban J connectivity index is 1.87. The van der Waals surface area contributed by atoms with Crippen LogP contribution in [-0.2, 0) is 0 Å². The molecule has 0 atom stereocenters. The molecular weight excluding hydrogens is 203 g/mol. The van der Waals surface area contributed by atoms with Crippen molar-refractivity contribution in [1.29, 1.82) is 0 Å². The minimum absolute atomic E-state index is 0.301. The molecule has 1 N–H and O–H groups in total. The van der Waals surface area contributed by atoms with Crippen LogP contribution in [0.4, 0.5) is 10.2 Å². The third kappa shape index (κ3) is 2.58. The fourth-order valence-electron chi connectivity index (χ4n) is 1.35. The van der Waals surface area contributed by atoms with E-state index in [1.807, 2.05) is 0 Å². The molecule has 0 bridgehead atoms. The topological polar surface area (TPSA) is 24.9 Å². The van der Waals surface area contributed by atoms with Gasteiger partial charge in [-0.25, -0.2) is 9.37 Å². The summed E-state index contributed by atoms with van der Waals surface area (Å²) in [6.45, 7) is 0.788. The molecule has 4 heteroatoms. The molecule has 76 valence electrons. The van der Waals surface area contributed by atoms with E-state index in [4.69, 9.17) is 11.6 Å². The molecule has 2 rings (SSSR count). The van der Waals surface area contributed by atoms with Crippen molar-refractivity contribution < 1.29 is 4.39 Å². The maximum Gasteiger partial charge on any atom is 0.166 e. The second kappa shape index (κ2) is 4.13. The van der Waals surface area contributed by atoms with Crippen LogP contribution in [0.3, 0.4) is 0 Å². The van der Waals surface area contributed by atoms with Gasteiger partial charge < -0.3 is 5.32 Å². The van der Waals surface area contributed by atoms with Crippen LogP contribution in [0, 0.1) is 11.7 Å². The normalized spacial score (nSPS) is 15.6. The molecule has 0 amide bonds. The standard InChI is InChI=1S/C10H12ClFN2/c11-8-5-9(12)10(14-6-8)13-4-3-7-1-2-7/h5-7H,1-4H2,(H,13,14). The molecule has 14 heavy (non-hydrogen) atoms. The van der Waals surface area contributed by atoms with Crippen LogP contribution in [0.2, 0.25) is 5.02 Å². The molecule has 0 aliphatic heterocycles. The van der Waals surface area contributed by atoms with Crippen molar-refractivity contribution in [3.8, 4) is 0 Å². The third-order valence-corrected chi connectivity index (χ3v) is 2.56. The first-order chi connectivity index (χ1) is 6.75. The second-order valence-electron chi connectivity index (χ2n) is 3.64. The first kappa shape index (κ1) is 9.71. The molecule has 0 unspecified atom stereocenters. The fraction of sp³-hybridized carbons (Fsp3) is 0.500. The lowest BCUT2D eigenvalue weighted by atomic mass is 10.3. The van der Waals surface area contributed by atoms with Gasteiger partial charge in [-0.05, 0) is 18.4 Å². The van der Waals surface area contributed by atoms with Crippen molar-refractivity contribution in [3.05, 3.63) is 23.1 Å². The van der Waals surface area contributed by atoms with E-state index in [0.717, 1.165) is 18.9 Å². The number of anilines is 1. The van der Waals surface area contributed by atoms with Gasteiger partial charge in [-0.15, -0.1) is 0 Å². The number of hydrogen-bond donors (Lipinski definition) is 1. The van der Waals surface area contributed by atoms with E-state index in [2.05, 4.69) is 10.3 Å². The van der Waals surface area contributed by atoms with E-state index < -0.39 is 0 Å². The van der Waals surface area contributed by atoms with Crippen molar-refractivity contribution in [2.75, 3.05) is 11.9 Å². The van der Waals surface area contributed by atoms with E-state index >= 15 is 0 Å². The Hall–Kier alpha value is -0.830. The lowest BCUT2D eigenvalue weighted by Crippen LogP contribution is -2.05. The Morgan fingerprint density at radius 2 is 2.36 bits per heavy atom. The minimum atomic E-state index is -0.381. The smallest absolute Gasteiger partial charge is 0.166 e. The monoisotopic (exact) mass is 214 g/mol. The maximum absolute atomic E-state index is 13.2. The van der Waals surface area contributed by atoms with E-state index in [9.17, 15) is 4.39 Å². The summed E-state index contributed by atoms with van der Waals surface area (Å²) in [5.74, 6) is 0.765. The Morgan fingerprint density at radius 1 is 1.57 bits per heavy atom. The van der Waals surface area contributed by atoms with Gasteiger partial charge in [0.1, 0.15) is 0 Å². The van der Waals surface area contributed by atoms with E-state index in [1.165, 1.54) is 25.1 Å². The van der Waals surface area contributed by atoms with E-state index in [1.54, 1.807) is 0 Å². The minimum Gasteiger partial charge on any atom is -0.368 e. The molecule has 1 aliphatic carbocycles. The summed E-state index contributed by atoms with van der Waals surface area (Å²) >= 11 is 5.58. The van der Waals surface area contributed by atoms with Crippen molar-refractivity contribution in [2.24, 2.45) is 5.92 Å². The molecule has 0 saturated heterocycles. The summed E-state index contributed by atoms with van der Waals surface area (Å²) in [4.78, 5) is 3.88. The average molecular weight is 215 g/mol. The van der Waals surface area contributed by atoms with Gasteiger partial charge in [-0.3, -0.25) is 0 Å². The molecule has 0 aromatic carbocycles. The molecule has 1 aliphatic rings. The van der Waals surface area contributed by atoms with Crippen LogP contribution in [0.5, 0.6) is 0 Å². The zero-order chi connectivity index (χ0) is 9.97. The highest BCUT2D eigenvalue weighted by atomic mass is 35.5. The highest BCUT2D eigenvalue weighted by molar-refractivity contribution is 6.30. The Kier molecular flexibility index (Phi) is 2.87. The van der Waals surface area contributed by atoms with Crippen molar-refractivity contribution in [2.45, 2.75) is 19.3 Å². The molecule has 0 spiro atoms. The van der Waals surface area contributed by atoms with Gasteiger partial charge in [-0.2, -0.15) is 0 Å². The van der Waals surface area contributed by atoms with Gasteiger partial charge in [0.25, 0.3) is 0 Å².